The molecule has 2 N–H and O–H groups in total. The van der Waals surface area contributed by atoms with Gasteiger partial charge in [-0.15, -0.1) is 0 Å². The molecule has 0 aliphatic heterocycles. The molecule has 28 heavy (non-hydrogen) atoms. The molecule has 0 aliphatic rings. The largest absolute Gasteiger partial charge is 0.324 e. The molecule has 0 saturated heterocycles. The first-order valence-corrected chi connectivity index (χ1v) is 9.82. The van der Waals surface area contributed by atoms with Crippen molar-refractivity contribution in [3.8, 4) is 0 Å². The van der Waals surface area contributed by atoms with E-state index >= 15 is 0 Å². The lowest BCUT2D eigenvalue weighted by Gasteiger charge is -2.20. The zero-order chi connectivity index (χ0) is 19.8. The van der Waals surface area contributed by atoms with Crippen molar-refractivity contribution in [3.05, 3.63) is 95.3 Å². The van der Waals surface area contributed by atoms with Crippen LogP contribution in [0.4, 0.5) is 5.69 Å². The third-order valence-electron chi connectivity index (χ3n) is 4.85. The number of nitrogens with zero attached hydrogens (tertiary/aromatic N) is 1. The molecule has 0 aliphatic carbocycles. The molecule has 144 valence electrons. The number of hydrogen-bond acceptors (Lipinski definition) is 3. The van der Waals surface area contributed by atoms with Gasteiger partial charge in [0, 0.05) is 11.9 Å². The van der Waals surface area contributed by atoms with Crippen LogP contribution in [0.5, 0.6) is 0 Å². The number of para-hydroxylation sites is 1. The molecule has 4 nitrogen and oxygen atoms in total. The van der Waals surface area contributed by atoms with Gasteiger partial charge in [-0.25, -0.2) is 0 Å². The third kappa shape index (κ3) is 4.84. The highest BCUT2D eigenvalue weighted by Gasteiger charge is 2.17. The average molecular weight is 374 g/mol. The molecule has 0 spiro atoms. The number of pyridine rings is 1. The minimum absolute atomic E-state index is 0.0486. The molecule has 2 aromatic carbocycles. The second kappa shape index (κ2) is 9.81. The molecule has 3 rings (SSSR count). The molecule has 1 heterocycles. The molecular formula is C24H27N3O. The molecule has 0 radical (unpaired) electrons. The van der Waals surface area contributed by atoms with Gasteiger partial charge in [0.25, 0.3) is 0 Å². The van der Waals surface area contributed by atoms with E-state index in [2.05, 4.69) is 47.7 Å². The number of rotatable bonds is 8. The van der Waals surface area contributed by atoms with Crippen LogP contribution in [0.2, 0.25) is 0 Å². The number of benzene rings is 2. The van der Waals surface area contributed by atoms with Gasteiger partial charge in [-0.1, -0.05) is 68.4 Å². The number of carbonyl (C=O) groups excluding carboxylic acids is 1. The van der Waals surface area contributed by atoms with Gasteiger partial charge in [0.1, 0.15) is 0 Å². The van der Waals surface area contributed by atoms with Crippen LogP contribution in [0, 0.1) is 0 Å². The lowest BCUT2D eigenvalue weighted by Crippen LogP contribution is -2.32. The first-order chi connectivity index (χ1) is 13.7. The summed E-state index contributed by atoms with van der Waals surface area (Å²) in [4.78, 5) is 17.2. The molecular weight excluding hydrogens is 346 g/mol. The number of hydrogen-bond donors (Lipinski definition) is 2. The van der Waals surface area contributed by atoms with Crippen molar-refractivity contribution in [2.75, 3.05) is 11.9 Å². The maximum Gasteiger partial charge on any atom is 0.238 e. The fraction of sp³-hybridized carbons (Fsp3) is 0.250. The molecule has 1 aromatic heterocycles. The lowest BCUT2D eigenvalue weighted by molar-refractivity contribution is -0.115. The lowest BCUT2D eigenvalue weighted by atomic mass is 10.0. The number of aromatic nitrogens is 1. The predicted octanol–water partition coefficient (Wildman–Crippen LogP) is 4.52. The Morgan fingerprint density at radius 3 is 2.18 bits per heavy atom. The molecule has 0 fully saturated rings. The summed E-state index contributed by atoms with van der Waals surface area (Å²) in [6.45, 7) is 4.42. The molecule has 0 saturated carbocycles. The Kier molecular flexibility index (Phi) is 6.93. The van der Waals surface area contributed by atoms with Gasteiger partial charge in [0.2, 0.25) is 5.91 Å². The molecule has 1 atom stereocenters. The van der Waals surface area contributed by atoms with Crippen molar-refractivity contribution in [2.45, 2.75) is 32.7 Å². The summed E-state index contributed by atoms with van der Waals surface area (Å²) in [6, 6.07) is 22.0. The first-order valence-electron chi connectivity index (χ1n) is 9.82. The smallest absolute Gasteiger partial charge is 0.238 e. The van der Waals surface area contributed by atoms with E-state index in [0.717, 1.165) is 40.9 Å². The van der Waals surface area contributed by atoms with E-state index in [1.807, 2.05) is 48.5 Å². The first kappa shape index (κ1) is 19.8. The summed E-state index contributed by atoms with van der Waals surface area (Å²) in [5, 5.41) is 6.49. The number of anilines is 1. The zero-order valence-corrected chi connectivity index (χ0v) is 16.5. The SMILES string of the molecule is CCc1cccc(CC)c1NC(=O)CNC(c1ccccc1)c1ccccn1. The van der Waals surface area contributed by atoms with Gasteiger partial charge in [-0.3, -0.25) is 15.1 Å². The van der Waals surface area contributed by atoms with Crippen LogP contribution in [0.15, 0.2) is 72.9 Å². The summed E-state index contributed by atoms with van der Waals surface area (Å²) in [7, 11) is 0. The van der Waals surface area contributed by atoms with E-state index in [9.17, 15) is 4.79 Å². The van der Waals surface area contributed by atoms with Crippen molar-refractivity contribution < 1.29 is 4.79 Å². The average Bonchev–Trinajstić information content (AvgIpc) is 2.75. The van der Waals surface area contributed by atoms with Crippen LogP contribution in [0.25, 0.3) is 0 Å². The van der Waals surface area contributed by atoms with E-state index in [1.54, 1.807) is 6.20 Å². The fourth-order valence-corrected chi connectivity index (χ4v) is 3.37. The van der Waals surface area contributed by atoms with Crippen molar-refractivity contribution >= 4 is 11.6 Å². The monoisotopic (exact) mass is 373 g/mol. The maximum atomic E-state index is 12.7. The van der Waals surface area contributed by atoms with Crippen LogP contribution < -0.4 is 10.6 Å². The summed E-state index contributed by atoms with van der Waals surface area (Å²) < 4.78 is 0. The van der Waals surface area contributed by atoms with E-state index in [0.29, 0.717) is 0 Å². The summed E-state index contributed by atoms with van der Waals surface area (Å²) >= 11 is 0. The molecule has 0 bridgehead atoms. The maximum absolute atomic E-state index is 12.7. The van der Waals surface area contributed by atoms with E-state index in [-0.39, 0.29) is 18.5 Å². The normalized spacial score (nSPS) is 11.8. The molecule has 4 heteroatoms. The highest BCUT2D eigenvalue weighted by atomic mass is 16.1. The number of aryl methyl sites for hydroxylation is 2. The van der Waals surface area contributed by atoms with Gasteiger partial charge in [0.05, 0.1) is 18.3 Å². The summed E-state index contributed by atoms with van der Waals surface area (Å²) in [6.07, 6.45) is 3.55. The highest BCUT2D eigenvalue weighted by Crippen LogP contribution is 2.23. The van der Waals surface area contributed by atoms with Crippen molar-refractivity contribution in [1.82, 2.24) is 10.3 Å². The number of carbonyl (C=O) groups is 1. The van der Waals surface area contributed by atoms with Crippen LogP contribution >= 0.6 is 0 Å². The minimum atomic E-state index is -0.139. The Morgan fingerprint density at radius 1 is 0.893 bits per heavy atom. The van der Waals surface area contributed by atoms with E-state index in [4.69, 9.17) is 0 Å². The molecule has 1 unspecified atom stereocenters. The topological polar surface area (TPSA) is 54.0 Å². The van der Waals surface area contributed by atoms with Crippen molar-refractivity contribution in [2.24, 2.45) is 0 Å². The summed E-state index contributed by atoms with van der Waals surface area (Å²) in [5.74, 6) is -0.0486. The number of nitrogens with one attached hydrogen (secondary N) is 2. The van der Waals surface area contributed by atoms with E-state index < -0.39 is 0 Å². The number of amides is 1. The zero-order valence-electron chi connectivity index (χ0n) is 16.5. The molecule has 1 amide bonds. The Morgan fingerprint density at radius 2 is 1.57 bits per heavy atom. The van der Waals surface area contributed by atoms with Gasteiger partial charge in [-0.05, 0) is 41.7 Å². The molecule has 3 aromatic rings. The van der Waals surface area contributed by atoms with Crippen molar-refractivity contribution in [1.29, 1.82) is 0 Å². The van der Waals surface area contributed by atoms with Gasteiger partial charge >= 0.3 is 0 Å². The van der Waals surface area contributed by atoms with Crippen molar-refractivity contribution in [3.63, 3.8) is 0 Å². The Hall–Kier alpha value is -2.98. The van der Waals surface area contributed by atoms with Crippen LogP contribution in [-0.2, 0) is 17.6 Å². The highest BCUT2D eigenvalue weighted by molar-refractivity contribution is 5.94. The Labute approximate surface area is 167 Å². The minimum Gasteiger partial charge on any atom is -0.324 e. The Balaban J connectivity index is 1.75. The van der Waals surface area contributed by atoms with Crippen LogP contribution in [-0.4, -0.2) is 17.4 Å². The van der Waals surface area contributed by atoms with Gasteiger partial charge in [0.15, 0.2) is 0 Å². The Bertz CT molecular complexity index is 832. The second-order valence-corrected chi connectivity index (χ2v) is 6.69. The van der Waals surface area contributed by atoms with E-state index in [1.165, 1.54) is 0 Å². The fourth-order valence-electron chi connectivity index (χ4n) is 3.37. The standard InChI is InChI=1S/C24H27N3O/c1-3-18-13-10-14-19(4-2)23(18)27-22(28)17-26-24(20-11-6-5-7-12-20)21-15-8-9-16-25-21/h5-16,24,26H,3-4,17H2,1-2H3,(H,27,28). The summed E-state index contributed by atoms with van der Waals surface area (Å²) in [5.41, 5.74) is 5.25. The second-order valence-electron chi connectivity index (χ2n) is 6.69. The third-order valence-corrected chi connectivity index (χ3v) is 4.85. The van der Waals surface area contributed by atoms with Crippen LogP contribution in [0.1, 0.15) is 42.3 Å². The van der Waals surface area contributed by atoms with Crippen LogP contribution in [0.3, 0.4) is 0 Å². The van der Waals surface area contributed by atoms with Gasteiger partial charge < -0.3 is 5.32 Å². The predicted molar refractivity (Wildman–Crippen MR) is 114 cm³/mol. The quantitative estimate of drug-likeness (QED) is 0.610. The van der Waals surface area contributed by atoms with Gasteiger partial charge in [-0.2, -0.15) is 0 Å².